The van der Waals surface area contributed by atoms with E-state index in [0.29, 0.717) is 17.4 Å². The first-order chi connectivity index (χ1) is 15.2. The van der Waals surface area contributed by atoms with Crippen LogP contribution in [0.1, 0.15) is 16.7 Å². The van der Waals surface area contributed by atoms with Crippen LogP contribution in [-0.4, -0.2) is 22.9 Å². The van der Waals surface area contributed by atoms with Gasteiger partial charge in [-0.3, -0.25) is 4.79 Å². The molecule has 1 N–H and O–H groups in total. The number of para-hydroxylation sites is 2. The number of aryl methyl sites for hydroxylation is 1. The molecule has 156 valence electrons. The second-order valence-electron chi connectivity index (χ2n) is 6.81. The van der Waals surface area contributed by atoms with Crippen molar-refractivity contribution in [1.29, 1.82) is 0 Å². The number of benzene rings is 3. The van der Waals surface area contributed by atoms with E-state index in [9.17, 15) is 4.79 Å². The van der Waals surface area contributed by atoms with Gasteiger partial charge in [0, 0.05) is 0 Å². The molecular formula is C24H21N3O3S. The number of hydrogen-bond donors (Lipinski definition) is 1. The number of carbonyl (C=O) groups excluding carboxylic acids is 1. The van der Waals surface area contributed by atoms with Gasteiger partial charge in [-0.05, 0) is 60.0 Å². The van der Waals surface area contributed by atoms with Crippen LogP contribution in [0.2, 0.25) is 0 Å². The summed E-state index contributed by atoms with van der Waals surface area (Å²) in [6.45, 7) is 2.59. The van der Waals surface area contributed by atoms with E-state index in [0.717, 1.165) is 22.4 Å². The van der Waals surface area contributed by atoms with E-state index in [1.165, 1.54) is 17.3 Å². The van der Waals surface area contributed by atoms with Crippen LogP contribution in [0.4, 0.5) is 0 Å². The summed E-state index contributed by atoms with van der Waals surface area (Å²) in [5.41, 5.74) is 7.21. The van der Waals surface area contributed by atoms with E-state index in [2.05, 4.69) is 34.6 Å². The van der Waals surface area contributed by atoms with E-state index < -0.39 is 0 Å². The molecule has 0 aliphatic rings. The molecule has 0 aliphatic heterocycles. The molecule has 0 aliphatic carbocycles. The maximum atomic E-state index is 12.0. The summed E-state index contributed by atoms with van der Waals surface area (Å²) in [7, 11) is 0. The zero-order chi connectivity index (χ0) is 21.5. The van der Waals surface area contributed by atoms with Gasteiger partial charge >= 0.3 is 0 Å². The number of carbonyl (C=O) groups is 1. The zero-order valence-corrected chi connectivity index (χ0v) is 17.8. The lowest BCUT2D eigenvalue weighted by atomic mass is 10.1. The van der Waals surface area contributed by atoms with Gasteiger partial charge in [0.2, 0.25) is 0 Å². The number of aromatic nitrogens is 1. The molecule has 0 bridgehead atoms. The first-order valence-corrected chi connectivity index (χ1v) is 10.7. The minimum absolute atomic E-state index is 0.163. The zero-order valence-electron chi connectivity index (χ0n) is 16.9. The van der Waals surface area contributed by atoms with Crippen molar-refractivity contribution in [1.82, 2.24) is 10.4 Å². The van der Waals surface area contributed by atoms with Gasteiger partial charge < -0.3 is 9.15 Å². The fourth-order valence-electron chi connectivity index (χ4n) is 2.83. The van der Waals surface area contributed by atoms with Crippen LogP contribution >= 0.6 is 11.8 Å². The highest BCUT2D eigenvalue weighted by Gasteiger charge is 2.08. The maximum absolute atomic E-state index is 12.0. The molecule has 0 unspecified atom stereocenters. The number of hydrogen-bond acceptors (Lipinski definition) is 6. The van der Waals surface area contributed by atoms with Crippen molar-refractivity contribution < 1.29 is 13.9 Å². The summed E-state index contributed by atoms with van der Waals surface area (Å²) < 4.78 is 11.4. The third-order valence-corrected chi connectivity index (χ3v) is 5.37. The standard InChI is InChI=1S/C24H21N3O3S/c1-17-6-2-3-7-19(17)15-29-20-12-10-18(11-13-20)14-25-27-23(28)16-31-24-26-21-8-4-5-9-22(21)30-24/h2-14H,15-16H2,1H3,(H,27,28). The Labute approximate surface area is 184 Å². The second-order valence-corrected chi connectivity index (χ2v) is 7.74. The molecule has 1 amide bonds. The smallest absolute Gasteiger partial charge is 0.257 e. The lowest BCUT2D eigenvalue weighted by molar-refractivity contribution is -0.118. The van der Waals surface area contributed by atoms with Crippen molar-refractivity contribution in [3.05, 3.63) is 89.5 Å². The molecule has 0 fully saturated rings. The van der Waals surface area contributed by atoms with Crippen molar-refractivity contribution in [2.75, 3.05) is 5.75 Å². The van der Waals surface area contributed by atoms with Crippen molar-refractivity contribution in [2.24, 2.45) is 5.10 Å². The van der Waals surface area contributed by atoms with E-state index in [1.54, 1.807) is 6.21 Å². The Hall–Kier alpha value is -3.58. The largest absolute Gasteiger partial charge is 0.489 e. The number of fused-ring (bicyclic) bond motifs is 1. The molecular weight excluding hydrogens is 410 g/mol. The van der Waals surface area contributed by atoms with Gasteiger partial charge in [-0.1, -0.05) is 48.2 Å². The number of amides is 1. The van der Waals surface area contributed by atoms with Crippen LogP contribution in [0.3, 0.4) is 0 Å². The molecule has 1 heterocycles. The number of nitrogens with one attached hydrogen (secondary N) is 1. The molecule has 0 spiro atoms. The average molecular weight is 432 g/mol. The summed E-state index contributed by atoms with van der Waals surface area (Å²) >= 11 is 1.23. The summed E-state index contributed by atoms with van der Waals surface area (Å²) in [4.78, 5) is 16.3. The lowest BCUT2D eigenvalue weighted by Crippen LogP contribution is -2.19. The minimum Gasteiger partial charge on any atom is -0.489 e. The fraction of sp³-hybridized carbons (Fsp3) is 0.125. The number of hydrazone groups is 1. The van der Waals surface area contributed by atoms with Gasteiger partial charge in [0.15, 0.2) is 5.58 Å². The average Bonchev–Trinajstić information content (AvgIpc) is 3.21. The maximum Gasteiger partial charge on any atom is 0.257 e. The molecule has 0 saturated carbocycles. The third-order valence-electron chi connectivity index (χ3n) is 4.54. The Kier molecular flexibility index (Phi) is 6.64. The number of oxazole rings is 1. The highest BCUT2D eigenvalue weighted by Crippen LogP contribution is 2.22. The van der Waals surface area contributed by atoms with E-state index in [4.69, 9.17) is 9.15 Å². The number of thioether (sulfide) groups is 1. The van der Waals surface area contributed by atoms with E-state index in [-0.39, 0.29) is 11.7 Å². The van der Waals surface area contributed by atoms with Gasteiger partial charge in [0.25, 0.3) is 11.1 Å². The molecule has 0 atom stereocenters. The van der Waals surface area contributed by atoms with E-state index in [1.807, 2.05) is 60.7 Å². The molecule has 0 radical (unpaired) electrons. The molecule has 0 saturated heterocycles. The van der Waals surface area contributed by atoms with Crippen LogP contribution in [0.5, 0.6) is 5.75 Å². The lowest BCUT2D eigenvalue weighted by Gasteiger charge is -2.08. The van der Waals surface area contributed by atoms with Crippen LogP contribution in [0, 0.1) is 6.92 Å². The molecule has 4 aromatic rings. The minimum atomic E-state index is -0.235. The van der Waals surface area contributed by atoms with Crippen molar-refractivity contribution in [2.45, 2.75) is 18.8 Å². The molecule has 3 aromatic carbocycles. The molecule has 31 heavy (non-hydrogen) atoms. The Morgan fingerprint density at radius 1 is 1.10 bits per heavy atom. The van der Waals surface area contributed by atoms with Crippen molar-refractivity contribution in [3.8, 4) is 5.75 Å². The highest BCUT2D eigenvalue weighted by atomic mass is 32.2. The summed E-state index contributed by atoms with van der Waals surface area (Å²) in [6.07, 6.45) is 1.59. The molecule has 1 aromatic heterocycles. The van der Waals surface area contributed by atoms with Crippen molar-refractivity contribution in [3.63, 3.8) is 0 Å². The predicted molar refractivity (Wildman–Crippen MR) is 122 cm³/mol. The summed E-state index contributed by atoms with van der Waals surface area (Å²) in [5, 5.41) is 4.46. The van der Waals surface area contributed by atoms with Gasteiger partial charge in [0.1, 0.15) is 17.9 Å². The fourth-order valence-corrected chi connectivity index (χ4v) is 3.47. The van der Waals surface area contributed by atoms with Crippen LogP contribution in [0.15, 0.2) is 87.5 Å². The predicted octanol–water partition coefficient (Wildman–Crippen LogP) is 4.96. The van der Waals surface area contributed by atoms with Gasteiger partial charge in [0.05, 0.1) is 12.0 Å². The first kappa shape index (κ1) is 20.7. The van der Waals surface area contributed by atoms with Gasteiger partial charge in [-0.15, -0.1) is 0 Å². The summed E-state index contributed by atoms with van der Waals surface area (Å²) in [6, 6.07) is 23.2. The summed E-state index contributed by atoms with van der Waals surface area (Å²) in [5.74, 6) is 0.705. The van der Waals surface area contributed by atoms with Crippen molar-refractivity contribution >= 4 is 35.0 Å². The molecule has 6 nitrogen and oxygen atoms in total. The molecule has 4 rings (SSSR count). The SMILES string of the molecule is Cc1ccccc1COc1ccc(C=NNC(=O)CSc2nc3ccccc3o2)cc1. The Morgan fingerprint density at radius 3 is 2.68 bits per heavy atom. The first-order valence-electron chi connectivity index (χ1n) is 9.75. The second kappa shape index (κ2) is 9.95. The number of nitrogens with zero attached hydrogens (tertiary/aromatic N) is 2. The third kappa shape index (κ3) is 5.73. The number of ether oxygens (including phenoxy) is 1. The van der Waals surface area contributed by atoms with Crippen LogP contribution in [0.25, 0.3) is 11.1 Å². The quantitative estimate of drug-likeness (QED) is 0.242. The van der Waals surface area contributed by atoms with Crippen LogP contribution < -0.4 is 10.2 Å². The van der Waals surface area contributed by atoms with Gasteiger partial charge in [-0.25, -0.2) is 10.4 Å². The highest BCUT2D eigenvalue weighted by molar-refractivity contribution is 7.99. The monoisotopic (exact) mass is 431 g/mol. The normalized spacial score (nSPS) is 11.1. The Morgan fingerprint density at radius 2 is 1.87 bits per heavy atom. The Bertz CT molecular complexity index is 1170. The van der Waals surface area contributed by atoms with Crippen LogP contribution in [-0.2, 0) is 11.4 Å². The van der Waals surface area contributed by atoms with E-state index >= 15 is 0 Å². The Balaban J connectivity index is 1.22. The molecule has 7 heteroatoms. The number of rotatable bonds is 8. The van der Waals surface area contributed by atoms with Gasteiger partial charge in [-0.2, -0.15) is 5.10 Å². The topological polar surface area (TPSA) is 76.7 Å².